The quantitative estimate of drug-likeness (QED) is 0.184. The highest BCUT2D eigenvalue weighted by molar-refractivity contribution is 7.80. The fraction of sp³-hybridized carbons (Fsp3) is 0.125. The number of thiocarbonyl (C=S) groups is 1. The molecule has 1 atom stereocenters. The van der Waals surface area contributed by atoms with Gasteiger partial charge in [0.1, 0.15) is 17.5 Å². The molecule has 0 spiro atoms. The van der Waals surface area contributed by atoms with Gasteiger partial charge in [0.15, 0.2) is 5.11 Å². The van der Waals surface area contributed by atoms with Crippen molar-refractivity contribution in [1.29, 1.82) is 0 Å². The molecule has 3 aromatic carbocycles. The minimum atomic E-state index is -0.987. The van der Waals surface area contributed by atoms with Crippen LogP contribution in [0.1, 0.15) is 22.0 Å². The number of amides is 1. The second-order valence-electron chi connectivity index (χ2n) is 7.11. The van der Waals surface area contributed by atoms with Crippen LogP contribution < -0.4 is 20.7 Å². The Kier molecular flexibility index (Phi) is 8.30. The van der Waals surface area contributed by atoms with Crippen molar-refractivity contribution < 1.29 is 24.0 Å². The lowest BCUT2D eigenvalue weighted by atomic mass is 10.1. The first-order valence-corrected chi connectivity index (χ1v) is 10.7. The number of benzene rings is 3. The predicted octanol–water partition coefficient (Wildman–Crippen LogP) is 4.06. The Morgan fingerprint density at radius 1 is 0.943 bits per heavy atom. The number of ether oxygens (including phenoxy) is 2. The normalized spacial score (nSPS) is 11.0. The fourth-order valence-corrected chi connectivity index (χ4v) is 3.44. The lowest BCUT2D eigenvalue weighted by molar-refractivity contribution is -0.384. The van der Waals surface area contributed by atoms with E-state index in [-0.39, 0.29) is 27.7 Å². The highest BCUT2D eigenvalue weighted by Crippen LogP contribution is 2.29. The SMILES string of the molecule is COC(=O)c1ccccc1NC(=O)C(NC(=S)Nc1ccc(OC)cc1[N+](=O)[O-])c1ccccc1. The molecule has 0 aliphatic rings. The molecule has 0 aromatic heterocycles. The van der Waals surface area contributed by atoms with E-state index in [1.807, 2.05) is 0 Å². The highest BCUT2D eigenvalue weighted by Gasteiger charge is 2.24. The van der Waals surface area contributed by atoms with E-state index < -0.39 is 22.8 Å². The number of carbonyl (C=O) groups excluding carboxylic acids is 2. The van der Waals surface area contributed by atoms with E-state index in [9.17, 15) is 19.7 Å². The summed E-state index contributed by atoms with van der Waals surface area (Å²) >= 11 is 5.36. The molecule has 3 rings (SSSR count). The number of methoxy groups -OCH3 is 2. The third kappa shape index (κ3) is 6.30. The second kappa shape index (κ2) is 11.6. The van der Waals surface area contributed by atoms with Crippen molar-refractivity contribution in [3.63, 3.8) is 0 Å². The monoisotopic (exact) mass is 494 g/mol. The molecule has 10 nitrogen and oxygen atoms in total. The van der Waals surface area contributed by atoms with E-state index in [1.54, 1.807) is 54.6 Å². The van der Waals surface area contributed by atoms with E-state index in [2.05, 4.69) is 16.0 Å². The number of hydrogen-bond donors (Lipinski definition) is 3. The highest BCUT2D eigenvalue weighted by atomic mass is 32.1. The van der Waals surface area contributed by atoms with E-state index in [1.165, 1.54) is 32.4 Å². The number of para-hydroxylation sites is 1. The Labute approximate surface area is 206 Å². The number of nitro groups is 1. The standard InChI is InChI=1S/C24H22N4O6S/c1-33-16-12-13-19(20(14-16)28(31)32)26-24(35)27-21(15-8-4-3-5-9-15)22(29)25-18-11-7-6-10-17(18)23(30)34-2/h3-14,21H,1-2H3,(H,25,29)(H2,26,27,35). The van der Waals surface area contributed by atoms with E-state index in [0.717, 1.165) is 0 Å². The molecule has 0 aliphatic heterocycles. The number of nitrogens with one attached hydrogen (secondary N) is 3. The summed E-state index contributed by atoms with van der Waals surface area (Å²) in [5.41, 5.74) is 0.896. The lowest BCUT2D eigenvalue weighted by Crippen LogP contribution is -2.39. The first-order chi connectivity index (χ1) is 16.8. The van der Waals surface area contributed by atoms with Crippen LogP contribution in [0.25, 0.3) is 0 Å². The van der Waals surface area contributed by atoms with Crippen LogP contribution in [0.15, 0.2) is 72.8 Å². The number of nitrogens with zero attached hydrogens (tertiary/aromatic N) is 1. The maximum Gasteiger partial charge on any atom is 0.339 e. The van der Waals surface area contributed by atoms with Crippen molar-refractivity contribution >= 4 is 46.3 Å². The molecule has 0 saturated carbocycles. The van der Waals surface area contributed by atoms with Gasteiger partial charge < -0.3 is 25.4 Å². The van der Waals surface area contributed by atoms with E-state index in [0.29, 0.717) is 11.3 Å². The summed E-state index contributed by atoms with van der Waals surface area (Å²) in [5, 5.41) is 19.8. The second-order valence-corrected chi connectivity index (χ2v) is 7.52. The van der Waals surface area contributed by atoms with Crippen LogP contribution in [0.3, 0.4) is 0 Å². The van der Waals surface area contributed by atoms with Gasteiger partial charge in [0.25, 0.3) is 11.6 Å². The van der Waals surface area contributed by atoms with Gasteiger partial charge in [0.2, 0.25) is 0 Å². The first kappa shape index (κ1) is 25.1. The van der Waals surface area contributed by atoms with Crippen LogP contribution >= 0.6 is 12.2 Å². The fourth-order valence-electron chi connectivity index (χ4n) is 3.22. The number of esters is 1. The number of anilines is 2. The van der Waals surface area contributed by atoms with Crippen LogP contribution in [0.5, 0.6) is 5.75 Å². The maximum absolute atomic E-state index is 13.3. The molecule has 35 heavy (non-hydrogen) atoms. The number of hydrogen-bond acceptors (Lipinski definition) is 7. The molecule has 1 unspecified atom stereocenters. The largest absolute Gasteiger partial charge is 0.496 e. The average Bonchev–Trinajstić information content (AvgIpc) is 2.87. The molecule has 3 N–H and O–H groups in total. The Morgan fingerprint density at radius 3 is 2.29 bits per heavy atom. The van der Waals surface area contributed by atoms with Gasteiger partial charge in [-0.3, -0.25) is 14.9 Å². The molecule has 180 valence electrons. The van der Waals surface area contributed by atoms with Crippen LogP contribution in [-0.4, -0.2) is 36.1 Å². The molecular weight excluding hydrogens is 472 g/mol. The van der Waals surface area contributed by atoms with Crippen molar-refractivity contribution in [2.75, 3.05) is 24.9 Å². The summed E-state index contributed by atoms with van der Waals surface area (Å²) in [6.45, 7) is 0. The van der Waals surface area contributed by atoms with Crippen LogP contribution in [-0.2, 0) is 9.53 Å². The summed E-state index contributed by atoms with van der Waals surface area (Å²) in [6.07, 6.45) is 0. The average molecular weight is 495 g/mol. The zero-order valence-electron chi connectivity index (χ0n) is 18.8. The van der Waals surface area contributed by atoms with E-state index in [4.69, 9.17) is 21.7 Å². The molecule has 0 fully saturated rings. The summed E-state index contributed by atoms with van der Waals surface area (Å²) < 4.78 is 9.82. The van der Waals surface area contributed by atoms with Crippen LogP contribution in [0.2, 0.25) is 0 Å². The first-order valence-electron chi connectivity index (χ1n) is 10.3. The molecule has 1 amide bonds. The molecule has 11 heteroatoms. The van der Waals surface area contributed by atoms with Gasteiger partial charge in [-0.15, -0.1) is 0 Å². The predicted molar refractivity (Wildman–Crippen MR) is 135 cm³/mol. The topological polar surface area (TPSA) is 132 Å². The van der Waals surface area contributed by atoms with Gasteiger partial charge in [-0.05, 0) is 42.0 Å². The zero-order chi connectivity index (χ0) is 25.4. The number of nitro benzene ring substituents is 1. The maximum atomic E-state index is 13.3. The molecule has 0 bridgehead atoms. The molecule has 0 radical (unpaired) electrons. The third-order valence-corrected chi connectivity index (χ3v) is 5.13. The molecule has 0 aliphatic carbocycles. The van der Waals surface area contributed by atoms with Gasteiger partial charge in [0, 0.05) is 0 Å². The Balaban J connectivity index is 1.86. The van der Waals surface area contributed by atoms with Gasteiger partial charge >= 0.3 is 5.97 Å². The molecular formula is C24H22N4O6S. The van der Waals surface area contributed by atoms with Crippen molar-refractivity contribution in [3.8, 4) is 5.75 Å². The van der Waals surface area contributed by atoms with E-state index >= 15 is 0 Å². The molecule has 0 saturated heterocycles. The Bertz CT molecular complexity index is 1250. The van der Waals surface area contributed by atoms with Gasteiger partial charge in [-0.25, -0.2) is 4.79 Å². The van der Waals surface area contributed by atoms with Crippen LogP contribution in [0.4, 0.5) is 17.1 Å². The zero-order valence-corrected chi connectivity index (χ0v) is 19.6. The van der Waals surface area contributed by atoms with Crippen molar-refractivity contribution in [2.24, 2.45) is 0 Å². The Morgan fingerprint density at radius 2 is 1.63 bits per heavy atom. The van der Waals surface area contributed by atoms with Gasteiger partial charge in [-0.2, -0.15) is 0 Å². The summed E-state index contributed by atoms with van der Waals surface area (Å²) in [6, 6.07) is 18.4. The minimum Gasteiger partial charge on any atom is -0.496 e. The lowest BCUT2D eigenvalue weighted by Gasteiger charge is -2.21. The number of carbonyl (C=O) groups is 2. The molecule has 3 aromatic rings. The summed E-state index contributed by atoms with van der Waals surface area (Å²) in [4.78, 5) is 36.3. The van der Waals surface area contributed by atoms with Crippen LogP contribution in [0, 0.1) is 10.1 Å². The smallest absolute Gasteiger partial charge is 0.339 e. The van der Waals surface area contributed by atoms with Gasteiger partial charge in [-0.1, -0.05) is 42.5 Å². The number of rotatable bonds is 8. The third-order valence-electron chi connectivity index (χ3n) is 4.91. The summed E-state index contributed by atoms with van der Waals surface area (Å²) in [5.74, 6) is -0.804. The van der Waals surface area contributed by atoms with Crippen molar-refractivity contribution in [3.05, 3.63) is 94.0 Å². The van der Waals surface area contributed by atoms with Crippen molar-refractivity contribution in [1.82, 2.24) is 5.32 Å². The summed E-state index contributed by atoms with van der Waals surface area (Å²) in [7, 11) is 2.65. The molecule has 0 heterocycles. The minimum absolute atomic E-state index is 0.0245. The van der Waals surface area contributed by atoms with Gasteiger partial charge in [0.05, 0.1) is 36.5 Å². The van der Waals surface area contributed by atoms with Crippen molar-refractivity contribution in [2.45, 2.75) is 6.04 Å². The Hall–Kier alpha value is -4.51.